The summed E-state index contributed by atoms with van der Waals surface area (Å²) in [5.74, 6) is -0.00863. The lowest BCUT2D eigenvalue weighted by molar-refractivity contribution is 0.0952. The van der Waals surface area contributed by atoms with Crippen molar-refractivity contribution in [2.75, 3.05) is 25.0 Å². The summed E-state index contributed by atoms with van der Waals surface area (Å²) >= 11 is 0. The lowest BCUT2D eigenvalue weighted by Gasteiger charge is -2.18. The number of fused-ring (bicyclic) bond motifs is 1. The van der Waals surface area contributed by atoms with E-state index in [0.717, 1.165) is 10.9 Å². The fourth-order valence-corrected chi connectivity index (χ4v) is 5.31. The fourth-order valence-electron chi connectivity index (χ4n) is 3.85. The molecule has 1 amide bonds. The summed E-state index contributed by atoms with van der Waals surface area (Å²) in [6.07, 6.45) is 3.08. The van der Waals surface area contributed by atoms with Gasteiger partial charge in [0.15, 0.2) is 5.65 Å². The lowest BCUT2D eigenvalue weighted by atomic mass is 10.2. The molecule has 0 aliphatic carbocycles. The molecule has 4 aromatic rings. The minimum Gasteiger partial charge on any atom is -0.365 e. The van der Waals surface area contributed by atoms with E-state index in [1.165, 1.54) is 47.0 Å². The van der Waals surface area contributed by atoms with Gasteiger partial charge in [-0.15, -0.1) is 0 Å². The molecule has 194 valence electrons. The minimum absolute atomic E-state index is 0.152. The molecule has 0 bridgehead atoms. The topological polar surface area (TPSA) is 122 Å². The Morgan fingerprint density at radius 1 is 1.03 bits per heavy atom. The lowest BCUT2D eigenvalue weighted by Crippen LogP contribution is -2.31. The fraction of sp³-hybridized carbons (Fsp3) is 0.280. The van der Waals surface area contributed by atoms with Crippen molar-refractivity contribution < 1.29 is 17.6 Å². The molecule has 2 heterocycles. The molecule has 4 rings (SSSR count). The second-order valence-electron chi connectivity index (χ2n) is 8.18. The zero-order valence-electron chi connectivity index (χ0n) is 20.6. The van der Waals surface area contributed by atoms with E-state index in [1.54, 1.807) is 36.9 Å². The third kappa shape index (κ3) is 5.92. The van der Waals surface area contributed by atoms with Crippen LogP contribution in [-0.4, -0.2) is 58.0 Å². The quantitative estimate of drug-likeness (QED) is 0.309. The van der Waals surface area contributed by atoms with Crippen molar-refractivity contribution in [1.82, 2.24) is 29.4 Å². The average Bonchev–Trinajstić information content (AvgIpc) is 3.32. The molecule has 37 heavy (non-hydrogen) atoms. The molecule has 10 nitrogen and oxygen atoms in total. The van der Waals surface area contributed by atoms with Crippen LogP contribution in [0.5, 0.6) is 0 Å². The van der Waals surface area contributed by atoms with Gasteiger partial charge in [-0.05, 0) is 42.0 Å². The van der Waals surface area contributed by atoms with E-state index >= 15 is 0 Å². The van der Waals surface area contributed by atoms with Crippen LogP contribution in [0.4, 0.5) is 10.2 Å². The maximum Gasteiger partial charge on any atom is 0.251 e. The molecular weight excluding hydrogens is 497 g/mol. The second-order valence-corrected chi connectivity index (χ2v) is 10.1. The van der Waals surface area contributed by atoms with Crippen molar-refractivity contribution in [1.29, 1.82) is 0 Å². The van der Waals surface area contributed by atoms with Crippen LogP contribution in [0.1, 0.15) is 29.8 Å². The Morgan fingerprint density at radius 2 is 1.73 bits per heavy atom. The number of rotatable bonds is 11. The molecule has 0 spiro atoms. The number of anilines is 1. The number of aromatic nitrogens is 4. The molecule has 2 aromatic heterocycles. The summed E-state index contributed by atoms with van der Waals surface area (Å²) in [6.45, 7) is 5.43. The largest absolute Gasteiger partial charge is 0.365 e. The van der Waals surface area contributed by atoms with Gasteiger partial charge in [-0.25, -0.2) is 27.5 Å². The first kappa shape index (κ1) is 26.2. The number of carbonyl (C=O) groups excluding carboxylic acids is 1. The zero-order chi connectivity index (χ0) is 26.4. The van der Waals surface area contributed by atoms with Crippen LogP contribution in [0, 0.1) is 5.82 Å². The van der Waals surface area contributed by atoms with Crippen LogP contribution >= 0.6 is 0 Å². The molecule has 0 saturated carbocycles. The molecular formula is C25H28FN7O3S. The Balaban J connectivity index is 1.36. The number of nitrogens with zero attached hydrogens (tertiary/aromatic N) is 5. The van der Waals surface area contributed by atoms with Gasteiger partial charge >= 0.3 is 0 Å². The van der Waals surface area contributed by atoms with Crippen LogP contribution in [-0.2, 0) is 23.1 Å². The first-order valence-corrected chi connectivity index (χ1v) is 13.3. The molecule has 0 saturated heterocycles. The number of hydrogen-bond acceptors (Lipinski definition) is 7. The van der Waals surface area contributed by atoms with Crippen molar-refractivity contribution in [3.8, 4) is 0 Å². The maximum absolute atomic E-state index is 13.1. The van der Waals surface area contributed by atoms with E-state index in [1.807, 2.05) is 0 Å². The van der Waals surface area contributed by atoms with Crippen molar-refractivity contribution in [3.63, 3.8) is 0 Å². The van der Waals surface area contributed by atoms with Crippen molar-refractivity contribution >= 4 is 32.8 Å². The Hall–Kier alpha value is -3.90. The van der Waals surface area contributed by atoms with Gasteiger partial charge in [0, 0.05) is 31.7 Å². The summed E-state index contributed by atoms with van der Waals surface area (Å²) in [7, 11) is -3.58. The Bertz CT molecular complexity index is 1470. The Morgan fingerprint density at radius 3 is 2.41 bits per heavy atom. The third-order valence-corrected chi connectivity index (χ3v) is 7.94. The van der Waals surface area contributed by atoms with Crippen LogP contribution in [0.15, 0.2) is 66.0 Å². The first-order chi connectivity index (χ1) is 17.8. The average molecular weight is 526 g/mol. The van der Waals surface area contributed by atoms with E-state index in [-0.39, 0.29) is 23.2 Å². The number of nitrogens with one attached hydrogen (secondary N) is 2. The zero-order valence-corrected chi connectivity index (χ0v) is 21.4. The van der Waals surface area contributed by atoms with Gasteiger partial charge in [-0.1, -0.05) is 26.0 Å². The number of amides is 1. The molecule has 2 aromatic carbocycles. The van der Waals surface area contributed by atoms with Gasteiger partial charge in [0.05, 0.1) is 23.0 Å². The summed E-state index contributed by atoms with van der Waals surface area (Å²) in [6, 6.07) is 12.1. The number of sulfonamides is 1. The molecule has 2 N–H and O–H groups in total. The molecule has 0 aliphatic heterocycles. The van der Waals surface area contributed by atoms with Crippen LogP contribution in [0.25, 0.3) is 11.0 Å². The number of halogens is 1. The highest BCUT2D eigenvalue weighted by Crippen LogP contribution is 2.20. The smallest absolute Gasteiger partial charge is 0.251 e. The van der Waals surface area contributed by atoms with E-state index in [9.17, 15) is 17.6 Å². The molecule has 0 unspecified atom stereocenters. The highest BCUT2D eigenvalue weighted by atomic mass is 32.2. The standard InChI is InChI=1S/C25H28FN7O3S/c1-3-32(4-2)37(35,36)21-11-7-19(8-12-21)25(34)27-13-14-33-24-22(16-31-33)23(29-17-30-24)28-15-18-5-9-20(26)10-6-18/h5-12,16-17H,3-4,13-15H2,1-2H3,(H,27,34)(H,28,29,30). The van der Waals surface area contributed by atoms with Crippen LogP contribution in [0.2, 0.25) is 0 Å². The van der Waals surface area contributed by atoms with Gasteiger partial charge in [-0.2, -0.15) is 9.40 Å². The Labute approximate surface area is 214 Å². The van der Waals surface area contributed by atoms with Gasteiger partial charge in [0.25, 0.3) is 5.91 Å². The Kier molecular flexibility index (Phi) is 8.09. The van der Waals surface area contributed by atoms with Gasteiger partial charge in [-0.3, -0.25) is 4.79 Å². The normalized spacial score (nSPS) is 11.7. The predicted octanol–water partition coefficient (Wildman–Crippen LogP) is 3.04. The predicted molar refractivity (Wildman–Crippen MR) is 138 cm³/mol. The number of hydrogen-bond donors (Lipinski definition) is 2. The van der Waals surface area contributed by atoms with E-state index < -0.39 is 10.0 Å². The molecule has 0 fully saturated rings. The second kappa shape index (κ2) is 11.4. The summed E-state index contributed by atoms with van der Waals surface area (Å²) in [5, 5.41) is 11.1. The minimum atomic E-state index is -3.58. The van der Waals surface area contributed by atoms with Gasteiger partial charge < -0.3 is 10.6 Å². The van der Waals surface area contributed by atoms with Crippen molar-refractivity contribution in [2.45, 2.75) is 31.8 Å². The maximum atomic E-state index is 13.1. The van der Waals surface area contributed by atoms with Crippen LogP contribution in [0.3, 0.4) is 0 Å². The van der Waals surface area contributed by atoms with Crippen molar-refractivity contribution in [2.24, 2.45) is 0 Å². The highest BCUT2D eigenvalue weighted by Gasteiger charge is 2.21. The summed E-state index contributed by atoms with van der Waals surface area (Å²) in [5.41, 5.74) is 1.87. The van der Waals surface area contributed by atoms with Gasteiger partial charge in [0.1, 0.15) is 18.0 Å². The monoisotopic (exact) mass is 525 g/mol. The van der Waals surface area contributed by atoms with Crippen molar-refractivity contribution in [3.05, 3.63) is 78.0 Å². The molecule has 0 aliphatic rings. The summed E-state index contributed by atoms with van der Waals surface area (Å²) < 4.78 is 41.4. The number of benzene rings is 2. The van der Waals surface area contributed by atoms with E-state index in [0.29, 0.717) is 43.2 Å². The third-order valence-electron chi connectivity index (χ3n) is 5.88. The van der Waals surface area contributed by atoms with Gasteiger partial charge in [0.2, 0.25) is 10.0 Å². The molecule has 12 heteroatoms. The number of carbonyl (C=O) groups is 1. The molecule has 0 radical (unpaired) electrons. The van der Waals surface area contributed by atoms with Crippen LogP contribution < -0.4 is 10.6 Å². The van der Waals surface area contributed by atoms with E-state index in [4.69, 9.17) is 0 Å². The highest BCUT2D eigenvalue weighted by molar-refractivity contribution is 7.89. The summed E-state index contributed by atoms with van der Waals surface area (Å²) in [4.78, 5) is 21.3. The SMILES string of the molecule is CCN(CC)S(=O)(=O)c1ccc(C(=O)NCCn2ncc3c(NCc4ccc(F)cc4)ncnc32)cc1. The first-order valence-electron chi connectivity index (χ1n) is 11.9. The van der Waals surface area contributed by atoms with E-state index in [2.05, 4.69) is 25.7 Å². The molecule has 0 atom stereocenters.